The SMILES string of the molecule is CCOC(=O)OC1CCC(OCC)=N1. The molecule has 1 heterocycles. The van der Waals surface area contributed by atoms with Gasteiger partial charge in [-0.2, -0.15) is 0 Å². The molecule has 0 saturated carbocycles. The number of carbonyl (C=O) groups is 1. The van der Waals surface area contributed by atoms with Crippen LogP contribution in [0.2, 0.25) is 0 Å². The number of aliphatic imine (C=N–C) groups is 1. The van der Waals surface area contributed by atoms with Gasteiger partial charge in [-0.05, 0) is 13.8 Å². The molecule has 0 aliphatic carbocycles. The third-order valence-electron chi connectivity index (χ3n) is 1.70. The molecular weight excluding hydrogens is 186 g/mol. The van der Waals surface area contributed by atoms with Crippen molar-refractivity contribution in [3.05, 3.63) is 0 Å². The fraction of sp³-hybridized carbons (Fsp3) is 0.778. The van der Waals surface area contributed by atoms with Crippen molar-refractivity contribution in [3.8, 4) is 0 Å². The van der Waals surface area contributed by atoms with E-state index in [9.17, 15) is 4.79 Å². The lowest BCUT2D eigenvalue weighted by Crippen LogP contribution is -2.14. The molecule has 1 aliphatic rings. The van der Waals surface area contributed by atoms with E-state index in [-0.39, 0.29) is 0 Å². The Kier molecular flexibility index (Phi) is 4.22. The highest BCUT2D eigenvalue weighted by Crippen LogP contribution is 2.15. The van der Waals surface area contributed by atoms with Crippen molar-refractivity contribution in [3.63, 3.8) is 0 Å². The molecule has 0 aromatic heterocycles. The summed E-state index contributed by atoms with van der Waals surface area (Å²) in [5, 5.41) is 0. The molecule has 1 unspecified atom stereocenters. The highest BCUT2D eigenvalue weighted by atomic mass is 16.7. The molecule has 0 amide bonds. The standard InChI is InChI=1S/C9H15NO4/c1-3-12-7-5-6-8(10-7)14-9(11)13-4-2/h8H,3-6H2,1-2H3. The van der Waals surface area contributed by atoms with Crippen LogP contribution in [0.15, 0.2) is 4.99 Å². The molecule has 0 N–H and O–H groups in total. The number of hydrogen-bond donors (Lipinski definition) is 0. The lowest BCUT2D eigenvalue weighted by Gasteiger charge is -2.07. The van der Waals surface area contributed by atoms with Crippen molar-refractivity contribution in [1.29, 1.82) is 0 Å². The van der Waals surface area contributed by atoms with Crippen LogP contribution in [-0.2, 0) is 14.2 Å². The molecule has 0 spiro atoms. The second-order valence-corrected chi connectivity index (χ2v) is 2.75. The first-order valence-corrected chi connectivity index (χ1v) is 4.79. The van der Waals surface area contributed by atoms with Crippen LogP contribution in [0.1, 0.15) is 26.7 Å². The van der Waals surface area contributed by atoms with Crippen LogP contribution in [-0.4, -0.2) is 31.5 Å². The summed E-state index contributed by atoms with van der Waals surface area (Å²) in [6, 6.07) is 0. The van der Waals surface area contributed by atoms with Gasteiger partial charge in [-0.15, -0.1) is 0 Å². The van der Waals surface area contributed by atoms with Crippen molar-refractivity contribution in [2.24, 2.45) is 4.99 Å². The highest BCUT2D eigenvalue weighted by molar-refractivity contribution is 5.78. The second-order valence-electron chi connectivity index (χ2n) is 2.75. The van der Waals surface area contributed by atoms with E-state index in [2.05, 4.69) is 9.73 Å². The normalized spacial score (nSPS) is 20.1. The lowest BCUT2D eigenvalue weighted by atomic mass is 10.3. The van der Waals surface area contributed by atoms with Gasteiger partial charge < -0.3 is 14.2 Å². The molecule has 1 aliphatic heterocycles. The zero-order valence-corrected chi connectivity index (χ0v) is 8.49. The lowest BCUT2D eigenvalue weighted by molar-refractivity contribution is 0.0298. The van der Waals surface area contributed by atoms with Gasteiger partial charge in [0.15, 0.2) is 12.1 Å². The molecule has 1 rings (SSSR count). The Morgan fingerprint density at radius 3 is 2.93 bits per heavy atom. The third-order valence-corrected chi connectivity index (χ3v) is 1.70. The maximum absolute atomic E-state index is 10.9. The minimum atomic E-state index is -0.668. The summed E-state index contributed by atoms with van der Waals surface area (Å²) in [6.07, 6.45) is 0.293. The Labute approximate surface area is 83.1 Å². The molecule has 14 heavy (non-hydrogen) atoms. The molecule has 5 heteroatoms. The first-order valence-electron chi connectivity index (χ1n) is 4.79. The molecule has 0 fully saturated rings. The molecule has 0 aromatic rings. The van der Waals surface area contributed by atoms with Gasteiger partial charge in [-0.3, -0.25) is 0 Å². The summed E-state index contributed by atoms with van der Waals surface area (Å²) in [5.41, 5.74) is 0. The summed E-state index contributed by atoms with van der Waals surface area (Å²) in [7, 11) is 0. The summed E-state index contributed by atoms with van der Waals surface area (Å²) in [6.45, 7) is 4.52. The van der Waals surface area contributed by atoms with Crippen LogP contribution in [0.4, 0.5) is 4.79 Å². The van der Waals surface area contributed by atoms with E-state index in [4.69, 9.17) is 9.47 Å². The van der Waals surface area contributed by atoms with E-state index >= 15 is 0 Å². The number of hydrogen-bond acceptors (Lipinski definition) is 5. The highest BCUT2D eigenvalue weighted by Gasteiger charge is 2.22. The second kappa shape index (κ2) is 5.47. The van der Waals surface area contributed by atoms with Crippen LogP contribution in [0.5, 0.6) is 0 Å². The van der Waals surface area contributed by atoms with Gasteiger partial charge in [0.2, 0.25) is 0 Å². The van der Waals surface area contributed by atoms with E-state index < -0.39 is 12.4 Å². The maximum Gasteiger partial charge on any atom is 0.510 e. The van der Waals surface area contributed by atoms with E-state index in [1.165, 1.54) is 0 Å². The predicted octanol–water partition coefficient (Wildman–Crippen LogP) is 1.71. The van der Waals surface area contributed by atoms with Crippen LogP contribution in [0, 0.1) is 0 Å². The van der Waals surface area contributed by atoms with Gasteiger partial charge >= 0.3 is 6.16 Å². The van der Waals surface area contributed by atoms with Gasteiger partial charge in [-0.25, -0.2) is 9.79 Å². The van der Waals surface area contributed by atoms with E-state index in [1.54, 1.807) is 6.92 Å². The predicted molar refractivity (Wildman–Crippen MR) is 50.2 cm³/mol. The van der Waals surface area contributed by atoms with Crippen molar-refractivity contribution in [1.82, 2.24) is 0 Å². The molecule has 0 aromatic carbocycles. The van der Waals surface area contributed by atoms with Crippen molar-refractivity contribution in [2.45, 2.75) is 32.9 Å². The monoisotopic (exact) mass is 201 g/mol. The largest absolute Gasteiger partial charge is 0.510 e. The summed E-state index contributed by atoms with van der Waals surface area (Å²) in [5.74, 6) is 0.654. The molecule has 0 radical (unpaired) electrons. The zero-order chi connectivity index (χ0) is 10.4. The average molecular weight is 201 g/mol. The van der Waals surface area contributed by atoms with Gasteiger partial charge in [0, 0.05) is 12.8 Å². The van der Waals surface area contributed by atoms with Gasteiger partial charge in [0.05, 0.1) is 13.2 Å². The molecule has 0 bridgehead atoms. The number of ether oxygens (including phenoxy) is 3. The number of rotatable bonds is 3. The molecule has 1 atom stereocenters. The fourth-order valence-electron chi connectivity index (χ4n) is 1.16. The van der Waals surface area contributed by atoms with Crippen LogP contribution in [0.3, 0.4) is 0 Å². The van der Waals surface area contributed by atoms with Crippen LogP contribution < -0.4 is 0 Å². The van der Waals surface area contributed by atoms with E-state index in [1.807, 2.05) is 6.92 Å². The van der Waals surface area contributed by atoms with Gasteiger partial charge in [0.1, 0.15) is 0 Å². The molecule has 80 valence electrons. The summed E-state index contributed by atoms with van der Waals surface area (Å²) < 4.78 is 14.7. The Morgan fingerprint density at radius 2 is 2.29 bits per heavy atom. The maximum atomic E-state index is 10.9. The molecule has 5 nitrogen and oxygen atoms in total. The minimum absolute atomic E-state index is 0.313. The summed E-state index contributed by atoms with van der Waals surface area (Å²) in [4.78, 5) is 15.0. The molecular formula is C9H15NO4. The van der Waals surface area contributed by atoms with Crippen molar-refractivity contribution >= 4 is 12.1 Å². The average Bonchev–Trinajstić information content (AvgIpc) is 2.53. The molecule has 0 saturated heterocycles. The number of carbonyl (C=O) groups excluding carboxylic acids is 1. The van der Waals surface area contributed by atoms with Crippen molar-refractivity contribution in [2.75, 3.05) is 13.2 Å². The number of nitrogens with zero attached hydrogens (tertiary/aromatic N) is 1. The first-order chi connectivity index (χ1) is 6.76. The Morgan fingerprint density at radius 1 is 1.50 bits per heavy atom. The van der Waals surface area contributed by atoms with Crippen LogP contribution in [0.25, 0.3) is 0 Å². The third kappa shape index (κ3) is 3.24. The summed E-state index contributed by atoms with van der Waals surface area (Å²) >= 11 is 0. The zero-order valence-electron chi connectivity index (χ0n) is 8.49. The Balaban J connectivity index is 2.30. The quantitative estimate of drug-likeness (QED) is 0.652. The van der Waals surface area contributed by atoms with Gasteiger partial charge in [0.25, 0.3) is 0 Å². The van der Waals surface area contributed by atoms with E-state index in [0.717, 1.165) is 6.42 Å². The fourth-order valence-corrected chi connectivity index (χ4v) is 1.16. The van der Waals surface area contributed by atoms with Crippen molar-refractivity contribution < 1.29 is 19.0 Å². The van der Waals surface area contributed by atoms with Crippen LogP contribution >= 0.6 is 0 Å². The first kappa shape index (κ1) is 10.8. The smallest absolute Gasteiger partial charge is 0.481 e. The Bertz CT molecular complexity index is 227. The Hall–Kier alpha value is -1.26. The van der Waals surface area contributed by atoms with E-state index in [0.29, 0.717) is 25.5 Å². The van der Waals surface area contributed by atoms with Gasteiger partial charge in [-0.1, -0.05) is 0 Å². The topological polar surface area (TPSA) is 57.1 Å². The minimum Gasteiger partial charge on any atom is -0.481 e.